The maximum atomic E-state index is 14.6. The molecule has 4 rings (SSSR count). The summed E-state index contributed by atoms with van der Waals surface area (Å²) in [5.41, 5.74) is 1.01. The normalized spacial score (nSPS) is 21.2. The van der Waals surface area contributed by atoms with Gasteiger partial charge in [-0.1, -0.05) is 35.7 Å². The molecule has 0 amide bonds. The summed E-state index contributed by atoms with van der Waals surface area (Å²) in [5, 5.41) is 15.1. The van der Waals surface area contributed by atoms with Crippen LogP contribution in [0, 0.1) is 0 Å². The van der Waals surface area contributed by atoms with Crippen molar-refractivity contribution in [2.45, 2.75) is 50.1 Å². The van der Waals surface area contributed by atoms with Crippen LogP contribution >= 0.6 is 34.5 Å². The second-order valence-electron chi connectivity index (χ2n) is 9.15. The number of amidine groups is 1. The number of carbonyl (C=O) groups is 2. The Morgan fingerprint density at radius 3 is 2.76 bits per heavy atom. The van der Waals surface area contributed by atoms with Crippen molar-refractivity contribution < 1.29 is 28.2 Å². The van der Waals surface area contributed by atoms with E-state index in [0.29, 0.717) is 46.4 Å². The Morgan fingerprint density at radius 2 is 2.11 bits per heavy atom. The molecule has 0 saturated carbocycles. The van der Waals surface area contributed by atoms with Crippen molar-refractivity contribution in [3.8, 4) is 0 Å². The first-order valence-corrected chi connectivity index (χ1v) is 13.6. The van der Waals surface area contributed by atoms with Crippen LogP contribution in [0.25, 0.3) is 0 Å². The summed E-state index contributed by atoms with van der Waals surface area (Å²) in [6, 6.07) is 3.46. The molecule has 2 atom stereocenters. The number of hydrogen-bond acceptors (Lipinski definition) is 8. The van der Waals surface area contributed by atoms with Crippen LogP contribution in [0.3, 0.4) is 0 Å². The number of hydrogen-bond donors (Lipinski definition) is 2. The van der Waals surface area contributed by atoms with Crippen molar-refractivity contribution in [1.29, 1.82) is 0 Å². The van der Waals surface area contributed by atoms with Crippen molar-refractivity contribution in [1.82, 2.24) is 15.2 Å². The lowest BCUT2D eigenvalue weighted by Gasteiger charge is -2.31. The van der Waals surface area contributed by atoms with Gasteiger partial charge in [0.2, 0.25) is 0 Å². The van der Waals surface area contributed by atoms with Gasteiger partial charge in [0, 0.05) is 58.3 Å². The second-order valence-corrected chi connectivity index (χ2v) is 10.9. The molecule has 8 nitrogen and oxygen atoms in total. The highest BCUT2D eigenvalue weighted by Gasteiger charge is 2.45. The van der Waals surface area contributed by atoms with E-state index in [1.807, 2.05) is 0 Å². The summed E-state index contributed by atoms with van der Waals surface area (Å²) in [6.45, 7) is -0.498. The average molecular weight is 587 g/mol. The number of ether oxygens (including phenoxy) is 1. The van der Waals surface area contributed by atoms with Crippen LogP contribution < -0.4 is 5.32 Å². The third-order valence-electron chi connectivity index (χ3n) is 6.45. The van der Waals surface area contributed by atoms with E-state index in [4.69, 9.17) is 38.0 Å². The van der Waals surface area contributed by atoms with E-state index in [1.165, 1.54) is 18.4 Å². The summed E-state index contributed by atoms with van der Waals surface area (Å²) >= 11 is 13.9. The number of likely N-dealkylation sites (tertiary alicyclic amines) is 1. The first-order chi connectivity index (χ1) is 18.1. The summed E-state index contributed by atoms with van der Waals surface area (Å²) in [4.78, 5) is 34.6. The second kappa shape index (κ2) is 12.1. The summed E-state index contributed by atoms with van der Waals surface area (Å²) in [6.07, 6.45) is 2.55. The van der Waals surface area contributed by atoms with E-state index in [-0.39, 0.29) is 30.0 Å². The van der Waals surface area contributed by atoms with Crippen molar-refractivity contribution in [2.75, 3.05) is 20.2 Å². The van der Waals surface area contributed by atoms with Gasteiger partial charge in [-0.15, -0.1) is 11.3 Å². The fourth-order valence-corrected chi connectivity index (χ4v) is 5.86. The highest BCUT2D eigenvalue weighted by molar-refractivity contribution is 7.11. The predicted octanol–water partition coefficient (Wildman–Crippen LogP) is 5.32. The number of thiazole rings is 1. The lowest BCUT2D eigenvalue weighted by molar-refractivity contribution is -0.137. The smallest absolute Gasteiger partial charge is 0.338 e. The van der Waals surface area contributed by atoms with Crippen LogP contribution in [0.2, 0.25) is 10.0 Å². The van der Waals surface area contributed by atoms with E-state index in [9.17, 15) is 18.4 Å². The van der Waals surface area contributed by atoms with Gasteiger partial charge in [-0.25, -0.2) is 18.6 Å². The van der Waals surface area contributed by atoms with E-state index >= 15 is 0 Å². The molecular formula is C25H26Cl2F2N4O4S. The number of rotatable bonds is 10. The lowest BCUT2D eigenvalue weighted by Crippen LogP contribution is -2.41. The number of carboxylic acid groups (broad SMARTS) is 1. The summed E-state index contributed by atoms with van der Waals surface area (Å²) in [7, 11) is 1.24. The maximum absolute atomic E-state index is 14.6. The monoisotopic (exact) mass is 586 g/mol. The molecule has 0 unspecified atom stereocenters. The largest absolute Gasteiger partial charge is 0.481 e. The topological polar surface area (TPSA) is 104 Å². The van der Waals surface area contributed by atoms with E-state index in [2.05, 4.69) is 10.3 Å². The van der Waals surface area contributed by atoms with Crippen LogP contribution in [0.5, 0.6) is 0 Å². The van der Waals surface area contributed by atoms with Gasteiger partial charge in [0.05, 0.1) is 19.2 Å². The molecule has 3 heterocycles. The van der Waals surface area contributed by atoms with Crippen LogP contribution in [0.1, 0.15) is 48.7 Å². The lowest BCUT2D eigenvalue weighted by atomic mass is 9.95. The van der Waals surface area contributed by atoms with Gasteiger partial charge in [-0.2, -0.15) is 0 Å². The quantitative estimate of drug-likeness (QED) is 0.286. The standard InChI is InChI=1S/C25H26Cl2F2N4O4S/c1-37-24(36)20-18(12-33-13-25(28,29)11-15(33)4-2-3-5-19(34)35)31-22(23-30-8-9-38-23)32-21(20)16-7-6-14(26)10-17(16)27/h6-10,15,21H,2-5,11-13H2,1H3,(H,31,32)(H,34,35)/t15-,21-/m0/s1. The molecule has 2 N–H and O–H groups in total. The van der Waals surface area contributed by atoms with Gasteiger partial charge in [0.1, 0.15) is 6.04 Å². The third-order valence-corrected chi connectivity index (χ3v) is 7.79. The highest BCUT2D eigenvalue weighted by Crippen LogP contribution is 2.39. The van der Waals surface area contributed by atoms with E-state index < -0.39 is 36.5 Å². The zero-order valence-corrected chi connectivity index (χ0v) is 22.8. The number of halogens is 4. The Kier molecular flexibility index (Phi) is 9.02. The number of aliphatic imine (C=N–C) groups is 1. The minimum absolute atomic E-state index is 0.00424. The van der Waals surface area contributed by atoms with Crippen LogP contribution in [0.4, 0.5) is 8.78 Å². The summed E-state index contributed by atoms with van der Waals surface area (Å²) in [5.74, 6) is -4.13. The fraction of sp³-hybridized carbons (Fsp3) is 0.440. The molecule has 1 fully saturated rings. The number of nitrogens with zero attached hydrogens (tertiary/aromatic N) is 3. The Labute approximate surface area is 232 Å². The third kappa shape index (κ3) is 6.69. The number of alkyl halides is 2. The van der Waals surface area contributed by atoms with Crippen molar-refractivity contribution in [3.63, 3.8) is 0 Å². The van der Waals surface area contributed by atoms with Crippen LogP contribution in [-0.2, 0) is 14.3 Å². The number of carboxylic acids is 1. The minimum atomic E-state index is -2.91. The van der Waals surface area contributed by atoms with Crippen LogP contribution in [0.15, 0.2) is 46.0 Å². The van der Waals surface area contributed by atoms with Gasteiger partial charge in [-0.05, 0) is 25.0 Å². The van der Waals surface area contributed by atoms with Gasteiger partial charge < -0.3 is 15.2 Å². The number of nitrogens with one attached hydrogen (secondary N) is 1. The number of carbonyl (C=O) groups excluding carboxylic acids is 1. The van der Waals surface area contributed by atoms with E-state index in [1.54, 1.807) is 34.7 Å². The number of aromatic nitrogens is 1. The molecule has 0 spiro atoms. The molecule has 13 heteroatoms. The van der Waals surface area contributed by atoms with E-state index in [0.717, 1.165) is 0 Å². The van der Waals surface area contributed by atoms with Crippen molar-refractivity contribution >= 4 is 52.3 Å². The molecule has 2 aliphatic rings. The number of aliphatic carboxylic acids is 1. The number of esters is 1. The van der Waals surface area contributed by atoms with Crippen LogP contribution in [-0.4, -0.2) is 64.9 Å². The summed E-state index contributed by atoms with van der Waals surface area (Å²) < 4.78 is 34.2. The number of unbranched alkanes of at least 4 members (excludes halogenated alkanes) is 1. The Bertz CT molecular complexity index is 1260. The van der Waals surface area contributed by atoms with Crippen molar-refractivity contribution in [3.05, 3.63) is 61.7 Å². The molecular weight excluding hydrogens is 561 g/mol. The Hall–Kier alpha value is -2.60. The van der Waals surface area contributed by atoms with Crippen molar-refractivity contribution in [2.24, 2.45) is 4.99 Å². The average Bonchev–Trinajstić information content (AvgIpc) is 3.48. The van der Waals surface area contributed by atoms with Gasteiger partial charge in [0.15, 0.2) is 10.8 Å². The molecule has 204 valence electrons. The molecule has 2 aromatic rings. The molecule has 0 radical (unpaired) electrons. The fourth-order valence-electron chi connectivity index (χ4n) is 4.76. The maximum Gasteiger partial charge on any atom is 0.338 e. The minimum Gasteiger partial charge on any atom is -0.481 e. The predicted molar refractivity (Wildman–Crippen MR) is 141 cm³/mol. The number of benzene rings is 1. The first-order valence-electron chi connectivity index (χ1n) is 11.9. The SMILES string of the molecule is COC(=O)C1=C(CN2CC(F)(F)C[C@@H]2CCCCC(=O)O)NC(c2nccs2)=N[C@H]1c1ccc(Cl)cc1Cl. The Balaban J connectivity index is 1.71. The Morgan fingerprint density at radius 1 is 1.32 bits per heavy atom. The molecule has 38 heavy (non-hydrogen) atoms. The molecule has 1 aromatic heterocycles. The van der Waals surface area contributed by atoms with Gasteiger partial charge >= 0.3 is 11.9 Å². The highest BCUT2D eigenvalue weighted by atomic mass is 35.5. The zero-order valence-electron chi connectivity index (χ0n) is 20.4. The first kappa shape index (κ1) is 28.4. The van der Waals surface area contributed by atoms with Gasteiger partial charge in [-0.3, -0.25) is 14.7 Å². The zero-order chi connectivity index (χ0) is 27.4. The molecule has 1 aromatic carbocycles. The molecule has 2 aliphatic heterocycles. The number of methoxy groups -OCH3 is 1. The molecule has 1 saturated heterocycles. The van der Waals surface area contributed by atoms with Gasteiger partial charge in [0.25, 0.3) is 5.92 Å². The molecule has 0 aliphatic carbocycles. The molecule has 0 bridgehead atoms.